The summed E-state index contributed by atoms with van der Waals surface area (Å²) in [6.07, 6.45) is 1.01. The molecule has 2 amide bonds. The predicted octanol–water partition coefficient (Wildman–Crippen LogP) is 4.30. The van der Waals surface area contributed by atoms with Gasteiger partial charge in [0.15, 0.2) is 0 Å². The molecule has 0 aliphatic carbocycles. The van der Waals surface area contributed by atoms with E-state index in [9.17, 15) is 4.79 Å². The van der Waals surface area contributed by atoms with E-state index in [1.807, 2.05) is 17.0 Å². The maximum atomic E-state index is 12.6. The molecule has 0 saturated carbocycles. The quantitative estimate of drug-likeness (QED) is 0.906. The van der Waals surface area contributed by atoms with E-state index >= 15 is 0 Å². The van der Waals surface area contributed by atoms with Gasteiger partial charge in [-0.1, -0.05) is 31.2 Å². The van der Waals surface area contributed by atoms with Gasteiger partial charge in [0, 0.05) is 37.1 Å². The maximum Gasteiger partial charge on any atom is 0.321 e. The van der Waals surface area contributed by atoms with Crippen LogP contribution >= 0.6 is 0 Å². The number of benzene rings is 2. The van der Waals surface area contributed by atoms with Gasteiger partial charge in [-0.15, -0.1) is 0 Å². The van der Waals surface area contributed by atoms with Gasteiger partial charge in [0.2, 0.25) is 0 Å². The first-order valence-electron chi connectivity index (χ1n) is 9.05. The third kappa shape index (κ3) is 4.13. The van der Waals surface area contributed by atoms with Crippen LogP contribution in [0.25, 0.3) is 0 Å². The van der Waals surface area contributed by atoms with Crippen LogP contribution in [0.5, 0.6) is 0 Å². The number of nitrogens with zero attached hydrogens (tertiary/aromatic N) is 2. The summed E-state index contributed by atoms with van der Waals surface area (Å²) in [5.41, 5.74) is 4.64. The number of nitrogens with one attached hydrogen (secondary N) is 1. The highest BCUT2D eigenvalue weighted by Crippen LogP contribution is 2.22. The van der Waals surface area contributed by atoms with Crippen LogP contribution in [0.1, 0.15) is 25.0 Å². The van der Waals surface area contributed by atoms with Gasteiger partial charge in [0.05, 0.1) is 0 Å². The van der Waals surface area contributed by atoms with Gasteiger partial charge in [0.25, 0.3) is 0 Å². The number of anilines is 2. The molecule has 0 radical (unpaired) electrons. The van der Waals surface area contributed by atoms with E-state index in [1.54, 1.807) is 0 Å². The molecule has 4 nitrogen and oxygen atoms in total. The number of rotatable bonds is 3. The number of hydrogen-bond donors (Lipinski definition) is 1. The molecule has 2 aromatic carbocycles. The van der Waals surface area contributed by atoms with E-state index in [1.165, 1.54) is 16.8 Å². The van der Waals surface area contributed by atoms with Crippen molar-refractivity contribution in [3.05, 3.63) is 59.7 Å². The van der Waals surface area contributed by atoms with Crippen molar-refractivity contribution in [2.75, 3.05) is 29.9 Å². The number of carbonyl (C=O) groups excluding carboxylic acids is 1. The lowest BCUT2D eigenvalue weighted by Gasteiger charge is -2.41. The van der Waals surface area contributed by atoms with Crippen molar-refractivity contribution in [1.29, 1.82) is 0 Å². The molecule has 1 saturated heterocycles. The van der Waals surface area contributed by atoms with Gasteiger partial charge in [-0.2, -0.15) is 0 Å². The molecule has 1 N–H and O–H groups in total. The van der Waals surface area contributed by atoms with E-state index in [4.69, 9.17) is 0 Å². The van der Waals surface area contributed by atoms with Crippen LogP contribution in [-0.4, -0.2) is 36.6 Å². The Morgan fingerprint density at radius 2 is 1.92 bits per heavy atom. The lowest BCUT2D eigenvalue weighted by atomic mass is 10.1. The molecule has 1 aliphatic rings. The molecule has 25 heavy (non-hydrogen) atoms. The Bertz CT molecular complexity index is 726. The summed E-state index contributed by atoms with van der Waals surface area (Å²) in [6, 6.07) is 16.9. The van der Waals surface area contributed by atoms with Gasteiger partial charge in [-0.25, -0.2) is 4.79 Å². The average molecular weight is 337 g/mol. The fourth-order valence-electron chi connectivity index (χ4n) is 3.36. The van der Waals surface area contributed by atoms with Crippen LogP contribution < -0.4 is 10.2 Å². The fourth-order valence-corrected chi connectivity index (χ4v) is 3.36. The monoisotopic (exact) mass is 337 g/mol. The summed E-state index contributed by atoms with van der Waals surface area (Å²) in [6.45, 7) is 8.74. The molecule has 1 aliphatic heterocycles. The van der Waals surface area contributed by atoms with E-state index < -0.39 is 0 Å². The highest BCUT2D eigenvalue weighted by molar-refractivity contribution is 5.89. The molecule has 0 aromatic heterocycles. The smallest absolute Gasteiger partial charge is 0.321 e. The molecule has 1 atom stereocenters. The summed E-state index contributed by atoms with van der Waals surface area (Å²) < 4.78 is 0. The number of hydrogen-bond acceptors (Lipinski definition) is 2. The van der Waals surface area contributed by atoms with Gasteiger partial charge in [0.1, 0.15) is 0 Å². The number of urea groups is 1. The van der Waals surface area contributed by atoms with E-state index in [0.29, 0.717) is 6.04 Å². The van der Waals surface area contributed by atoms with Gasteiger partial charge in [-0.05, 0) is 55.7 Å². The Morgan fingerprint density at radius 1 is 1.16 bits per heavy atom. The van der Waals surface area contributed by atoms with Crippen molar-refractivity contribution in [3.63, 3.8) is 0 Å². The number of aryl methyl sites for hydroxylation is 2. The first kappa shape index (κ1) is 17.3. The number of piperazine rings is 1. The molecule has 2 aromatic rings. The van der Waals surface area contributed by atoms with E-state index in [0.717, 1.165) is 31.7 Å². The number of carbonyl (C=O) groups is 1. The van der Waals surface area contributed by atoms with Crippen molar-refractivity contribution in [2.24, 2.45) is 0 Å². The normalized spacial score (nSPS) is 17.5. The second kappa shape index (κ2) is 7.60. The highest BCUT2D eigenvalue weighted by atomic mass is 16.2. The van der Waals surface area contributed by atoms with E-state index in [-0.39, 0.29) is 6.03 Å². The average Bonchev–Trinajstić information content (AvgIpc) is 2.62. The summed E-state index contributed by atoms with van der Waals surface area (Å²) in [4.78, 5) is 16.9. The third-order valence-corrected chi connectivity index (χ3v) is 4.86. The second-order valence-electron chi connectivity index (χ2n) is 6.81. The second-order valence-corrected chi connectivity index (χ2v) is 6.81. The Hall–Kier alpha value is -2.49. The maximum absolute atomic E-state index is 12.6. The topological polar surface area (TPSA) is 35.6 Å². The van der Waals surface area contributed by atoms with Crippen LogP contribution in [0.3, 0.4) is 0 Å². The largest absolute Gasteiger partial charge is 0.365 e. The summed E-state index contributed by atoms with van der Waals surface area (Å²) in [5, 5.41) is 3.02. The first-order chi connectivity index (χ1) is 12.1. The summed E-state index contributed by atoms with van der Waals surface area (Å²) in [5.74, 6) is 0. The number of amides is 2. The zero-order chi connectivity index (χ0) is 17.8. The van der Waals surface area contributed by atoms with Gasteiger partial charge >= 0.3 is 6.03 Å². The van der Waals surface area contributed by atoms with Crippen LogP contribution in [0.4, 0.5) is 16.2 Å². The first-order valence-corrected chi connectivity index (χ1v) is 9.05. The minimum atomic E-state index is -0.0139. The molecule has 0 bridgehead atoms. The van der Waals surface area contributed by atoms with Crippen molar-refractivity contribution >= 4 is 17.4 Å². The summed E-state index contributed by atoms with van der Waals surface area (Å²) in [7, 11) is 0. The molecule has 1 heterocycles. The van der Waals surface area contributed by atoms with Crippen LogP contribution in [-0.2, 0) is 6.42 Å². The SMILES string of the molecule is CCc1ccc(NC(=O)N2CCN(c3cccc(C)c3)C(C)C2)cc1. The Labute approximate surface area is 150 Å². The zero-order valence-electron chi connectivity index (χ0n) is 15.3. The molecule has 1 fully saturated rings. The Balaban J connectivity index is 1.60. The van der Waals surface area contributed by atoms with Gasteiger partial charge < -0.3 is 15.1 Å². The molecule has 4 heteroatoms. The predicted molar refractivity (Wildman–Crippen MR) is 104 cm³/mol. The zero-order valence-corrected chi connectivity index (χ0v) is 15.3. The summed E-state index contributed by atoms with van der Waals surface area (Å²) >= 11 is 0. The standard InChI is InChI=1S/C21H27N3O/c1-4-18-8-10-19(11-9-18)22-21(25)23-12-13-24(17(3)15-23)20-7-5-6-16(2)14-20/h5-11,14,17H,4,12-13,15H2,1-3H3,(H,22,25). The van der Waals surface area contributed by atoms with Crippen molar-refractivity contribution in [1.82, 2.24) is 4.90 Å². The molecule has 132 valence electrons. The Kier molecular flexibility index (Phi) is 5.27. The fraction of sp³-hybridized carbons (Fsp3) is 0.381. The van der Waals surface area contributed by atoms with Crippen LogP contribution in [0, 0.1) is 6.92 Å². The molecule has 1 unspecified atom stereocenters. The molecule has 3 rings (SSSR count). The Morgan fingerprint density at radius 3 is 2.56 bits per heavy atom. The minimum Gasteiger partial charge on any atom is -0.365 e. The van der Waals surface area contributed by atoms with Crippen molar-refractivity contribution in [2.45, 2.75) is 33.2 Å². The van der Waals surface area contributed by atoms with Crippen molar-refractivity contribution in [3.8, 4) is 0 Å². The van der Waals surface area contributed by atoms with E-state index in [2.05, 4.69) is 67.4 Å². The lowest BCUT2D eigenvalue weighted by molar-refractivity contribution is 0.200. The van der Waals surface area contributed by atoms with Crippen LogP contribution in [0.15, 0.2) is 48.5 Å². The molecule has 0 spiro atoms. The van der Waals surface area contributed by atoms with Crippen LogP contribution in [0.2, 0.25) is 0 Å². The van der Waals surface area contributed by atoms with Gasteiger partial charge in [-0.3, -0.25) is 0 Å². The minimum absolute atomic E-state index is 0.0139. The third-order valence-electron chi connectivity index (χ3n) is 4.86. The van der Waals surface area contributed by atoms with Crippen molar-refractivity contribution < 1.29 is 4.79 Å². The highest BCUT2D eigenvalue weighted by Gasteiger charge is 2.26. The lowest BCUT2D eigenvalue weighted by Crippen LogP contribution is -2.54. The molecular weight excluding hydrogens is 310 g/mol. The molecular formula is C21H27N3O.